The summed E-state index contributed by atoms with van der Waals surface area (Å²) in [5, 5.41) is 2.24. The van der Waals surface area contributed by atoms with Crippen LogP contribution in [-0.4, -0.2) is 7.11 Å². The highest BCUT2D eigenvalue weighted by Crippen LogP contribution is 2.34. The highest BCUT2D eigenvalue weighted by atomic mass is 16.5. The molecule has 0 saturated heterocycles. The monoisotopic (exact) mass is 315 g/mol. The van der Waals surface area contributed by atoms with Crippen molar-refractivity contribution in [1.29, 1.82) is 0 Å². The molecule has 1 heteroatoms. The number of hydrogen-bond acceptors (Lipinski definition) is 1. The second-order valence-electron chi connectivity index (χ2n) is 5.48. The Balaban J connectivity index is 1.96. The van der Waals surface area contributed by atoms with Crippen LogP contribution in [0.3, 0.4) is 0 Å². The van der Waals surface area contributed by atoms with Gasteiger partial charge in [-0.2, -0.15) is 0 Å². The molecule has 0 spiro atoms. The number of methoxy groups -OCH3 is 1. The zero-order chi connectivity index (χ0) is 20.7. The molecular formula is C23H18O. The summed E-state index contributed by atoms with van der Waals surface area (Å²) in [7, 11) is 1.50. The number of ether oxygens (including phenoxy) is 1. The van der Waals surface area contributed by atoms with Crippen LogP contribution in [0, 0.1) is 0 Å². The first-order valence-corrected chi connectivity index (χ1v) is 7.67. The van der Waals surface area contributed by atoms with Crippen LogP contribution in [-0.2, 0) is 0 Å². The van der Waals surface area contributed by atoms with E-state index >= 15 is 0 Å². The minimum Gasteiger partial charge on any atom is -0.496 e. The summed E-state index contributed by atoms with van der Waals surface area (Å²) in [6.07, 6.45) is 0. The fraction of sp³-hybridized carbons (Fsp3) is 0.0435. The number of hydrogen-bond donors (Lipinski definition) is 0. The summed E-state index contributed by atoms with van der Waals surface area (Å²) in [5.74, 6) is 0.452. The molecule has 0 N–H and O–H groups in total. The van der Waals surface area contributed by atoms with E-state index in [1.807, 2.05) is 48.5 Å². The predicted molar refractivity (Wildman–Crippen MR) is 101 cm³/mol. The molecule has 4 aromatic rings. The van der Waals surface area contributed by atoms with E-state index in [0.29, 0.717) is 11.3 Å². The van der Waals surface area contributed by atoms with Gasteiger partial charge in [-0.25, -0.2) is 0 Å². The van der Waals surface area contributed by atoms with E-state index in [-0.39, 0.29) is 29.7 Å². The summed E-state index contributed by atoms with van der Waals surface area (Å²) >= 11 is 0. The minimum absolute atomic E-state index is 0.135. The van der Waals surface area contributed by atoms with E-state index in [2.05, 4.69) is 6.07 Å². The third-order valence-electron chi connectivity index (χ3n) is 4.05. The van der Waals surface area contributed by atoms with Crippen LogP contribution in [0.1, 0.15) is 6.85 Å². The molecule has 0 aliphatic heterocycles. The first-order valence-electron chi connectivity index (χ1n) is 10.2. The molecule has 0 radical (unpaired) electrons. The van der Waals surface area contributed by atoms with Crippen molar-refractivity contribution in [2.75, 3.05) is 7.11 Å². The summed E-state index contributed by atoms with van der Waals surface area (Å²) in [5.41, 5.74) is 2.45. The fourth-order valence-electron chi connectivity index (χ4n) is 2.84. The first kappa shape index (κ1) is 9.94. The van der Waals surface area contributed by atoms with Gasteiger partial charge in [0.25, 0.3) is 0 Å². The lowest BCUT2D eigenvalue weighted by Crippen LogP contribution is -1.89. The Morgan fingerprint density at radius 3 is 2.21 bits per heavy atom. The van der Waals surface area contributed by atoms with Crippen molar-refractivity contribution in [3.8, 4) is 28.0 Å². The maximum Gasteiger partial charge on any atom is 0.126 e. The molecule has 0 heterocycles. The minimum atomic E-state index is -0.409. The third kappa shape index (κ3) is 2.65. The van der Waals surface area contributed by atoms with E-state index in [9.17, 15) is 0 Å². The second-order valence-corrected chi connectivity index (χ2v) is 5.48. The van der Waals surface area contributed by atoms with Crippen LogP contribution >= 0.6 is 0 Å². The molecule has 1 nitrogen and oxygen atoms in total. The fourth-order valence-corrected chi connectivity index (χ4v) is 2.84. The van der Waals surface area contributed by atoms with Gasteiger partial charge in [0.15, 0.2) is 0 Å². The molecule has 0 amide bonds. The van der Waals surface area contributed by atoms with Gasteiger partial charge in [-0.15, -0.1) is 0 Å². The van der Waals surface area contributed by atoms with E-state index in [1.54, 1.807) is 6.07 Å². The molecule has 0 atom stereocenters. The van der Waals surface area contributed by atoms with Gasteiger partial charge in [0.05, 0.1) is 14.0 Å². The maximum absolute atomic E-state index is 8.30. The molecule has 0 saturated carbocycles. The van der Waals surface area contributed by atoms with Gasteiger partial charge in [-0.3, -0.25) is 0 Å². The summed E-state index contributed by atoms with van der Waals surface area (Å²) in [6.45, 7) is 0. The summed E-state index contributed by atoms with van der Waals surface area (Å²) in [6, 6.07) is 18.0. The Hall–Kier alpha value is -3.06. The Morgan fingerprint density at radius 1 is 0.708 bits per heavy atom. The largest absolute Gasteiger partial charge is 0.496 e. The summed E-state index contributed by atoms with van der Waals surface area (Å²) in [4.78, 5) is 0. The number of rotatable bonds is 3. The van der Waals surface area contributed by atoms with Crippen molar-refractivity contribution in [2.24, 2.45) is 0 Å². The molecule has 4 rings (SSSR count). The molecule has 0 aliphatic rings. The van der Waals surface area contributed by atoms with Crippen molar-refractivity contribution in [3.05, 3.63) is 90.9 Å². The molecule has 0 aliphatic carbocycles. The molecule has 24 heavy (non-hydrogen) atoms. The van der Waals surface area contributed by atoms with Crippen LogP contribution in [0.15, 0.2) is 90.9 Å². The molecule has 0 bridgehead atoms. The zero-order valence-electron chi connectivity index (χ0n) is 18.2. The normalized spacial score (nSPS) is 13.6. The lowest BCUT2D eigenvalue weighted by atomic mass is 9.96. The SMILES string of the molecule is [2H]c1c([2H])c([2H])c(-c2cc(-c3ccc4ccccc4c3)ccc2OC)c([2H])c1[2H]. The molecule has 0 unspecified atom stereocenters. The first-order chi connectivity index (χ1) is 13.9. The quantitative estimate of drug-likeness (QED) is 0.438. The molecule has 116 valence electrons. The van der Waals surface area contributed by atoms with Crippen LogP contribution < -0.4 is 4.74 Å². The second kappa shape index (κ2) is 6.21. The Morgan fingerprint density at radius 2 is 1.42 bits per heavy atom. The Kier molecular flexibility index (Phi) is 2.57. The molecule has 0 aromatic heterocycles. The average molecular weight is 315 g/mol. The smallest absolute Gasteiger partial charge is 0.126 e. The zero-order valence-corrected chi connectivity index (χ0v) is 13.2. The molecular weight excluding hydrogens is 292 g/mol. The van der Waals surface area contributed by atoms with Crippen LogP contribution in [0.2, 0.25) is 0 Å². The van der Waals surface area contributed by atoms with E-state index in [0.717, 1.165) is 21.9 Å². The topological polar surface area (TPSA) is 9.23 Å². The van der Waals surface area contributed by atoms with Crippen molar-refractivity contribution in [3.63, 3.8) is 0 Å². The highest BCUT2D eigenvalue weighted by Gasteiger charge is 2.08. The van der Waals surface area contributed by atoms with Gasteiger partial charge in [-0.05, 0) is 45.7 Å². The Bertz CT molecular complexity index is 1220. The van der Waals surface area contributed by atoms with Crippen molar-refractivity contribution < 1.29 is 11.6 Å². The average Bonchev–Trinajstić information content (AvgIpc) is 2.76. The van der Waals surface area contributed by atoms with Gasteiger partial charge in [-0.1, -0.05) is 72.7 Å². The van der Waals surface area contributed by atoms with Crippen molar-refractivity contribution in [1.82, 2.24) is 0 Å². The van der Waals surface area contributed by atoms with Gasteiger partial charge in [0.1, 0.15) is 5.75 Å². The van der Waals surface area contributed by atoms with Crippen molar-refractivity contribution >= 4 is 10.8 Å². The van der Waals surface area contributed by atoms with Crippen LogP contribution in [0.5, 0.6) is 5.75 Å². The number of benzene rings is 4. The molecule has 4 aromatic carbocycles. The van der Waals surface area contributed by atoms with Crippen LogP contribution in [0.25, 0.3) is 33.0 Å². The van der Waals surface area contributed by atoms with E-state index in [1.165, 1.54) is 7.11 Å². The van der Waals surface area contributed by atoms with Gasteiger partial charge in [0.2, 0.25) is 0 Å². The third-order valence-corrected chi connectivity index (χ3v) is 4.05. The molecule has 0 fully saturated rings. The van der Waals surface area contributed by atoms with E-state index < -0.39 is 6.04 Å². The maximum atomic E-state index is 8.30. The highest BCUT2D eigenvalue weighted by molar-refractivity contribution is 5.88. The van der Waals surface area contributed by atoms with Gasteiger partial charge < -0.3 is 4.74 Å². The lowest BCUT2D eigenvalue weighted by Gasteiger charge is -2.12. The van der Waals surface area contributed by atoms with Crippen molar-refractivity contribution in [2.45, 2.75) is 0 Å². The van der Waals surface area contributed by atoms with Crippen LogP contribution in [0.4, 0.5) is 0 Å². The number of fused-ring (bicyclic) bond motifs is 1. The van der Waals surface area contributed by atoms with E-state index in [4.69, 9.17) is 11.6 Å². The lowest BCUT2D eigenvalue weighted by molar-refractivity contribution is 0.416. The summed E-state index contributed by atoms with van der Waals surface area (Å²) < 4.78 is 45.8. The Labute approximate surface area is 149 Å². The van der Waals surface area contributed by atoms with Gasteiger partial charge >= 0.3 is 0 Å². The predicted octanol–water partition coefficient (Wildman–Crippen LogP) is 6.18. The standard InChI is InChI=1S/C23H18O/c1-24-23-14-13-21(16-22(23)18-8-3-2-4-9-18)20-12-11-17-7-5-6-10-19(17)15-20/h2-16H,1H3/i2D,3D,4D,8D,9D. The van der Waals surface area contributed by atoms with Gasteiger partial charge in [0, 0.05) is 5.56 Å².